The van der Waals surface area contributed by atoms with Gasteiger partial charge in [0.1, 0.15) is 5.92 Å². The lowest BCUT2D eigenvalue weighted by molar-refractivity contribution is -0.115. The summed E-state index contributed by atoms with van der Waals surface area (Å²) in [5, 5.41) is 11.9. The number of carbonyl (C=O) groups is 2. The number of carboxylic acids is 1. The molecule has 3 rings (SSSR count). The minimum Gasteiger partial charge on any atom is -0.478 e. The molecule has 0 radical (unpaired) electrons. The van der Waals surface area contributed by atoms with Crippen molar-refractivity contribution >= 4 is 29.5 Å². The minimum atomic E-state index is -1.04. The van der Waals surface area contributed by atoms with E-state index in [-0.39, 0.29) is 11.5 Å². The maximum atomic E-state index is 12.0. The first kappa shape index (κ1) is 13.1. The van der Waals surface area contributed by atoms with Crippen LogP contribution in [0.25, 0.3) is 0 Å². The smallest absolute Gasteiger partial charge is 0.337 e. The summed E-state index contributed by atoms with van der Waals surface area (Å²) in [6, 6.07) is 13.8. The maximum Gasteiger partial charge on any atom is 0.337 e. The third-order valence-corrected chi connectivity index (χ3v) is 3.33. The zero-order chi connectivity index (χ0) is 14.8. The third-order valence-electron chi connectivity index (χ3n) is 3.33. The van der Waals surface area contributed by atoms with Crippen molar-refractivity contribution in [3.05, 3.63) is 59.7 Å². The van der Waals surface area contributed by atoms with Crippen molar-refractivity contribution in [3.63, 3.8) is 0 Å². The SMILES string of the molecule is O=C(O)c1ccccc1N=CC1C(=O)Nc2ccccc21. The summed E-state index contributed by atoms with van der Waals surface area (Å²) in [4.78, 5) is 27.3. The predicted octanol–water partition coefficient (Wildman–Crippen LogP) is 2.82. The molecule has 0 saturated carbocycles. The van der Waals surface area contributed by atoms with Crippen molar-refractivity contribution in [1.29, 1.82) is 0 Å². The maximum absolute atomic E-state index is 12.0. The minimum absolute atomic E-state index is 0.112. The molecule has 0 aromatic heterocycles. The number of amides is 1. The second kappa shape index (κ2) is 5.20. The highest BCUT2D eigenvalue weighted by Crippen LogP contribution is 2.31. The summed E-state index contributed by atoms with van der Waals surface area (Å²) < 4.78 is 0. The van der Waals surface area contributed by atoms with Crippen LogP contribution in [-0.2, 0) is 4.79 Å². The molecule has 1 heterocycles. The molecule has 0 aliphatic carbocycles. The largest absolute Gasteiger partial charge is 0.478 e. The lowest BCUT2D eigenvalue weighted by Gasteiger charge is -2.03. The first-order chi connectivity index (χ1) is 10.2. The van der Waals surface area contributed by atoms with Gasteiger partial charge in [0.15, 0.2) is 0 Å². The Morgan fingerprint density at radius 1 is 1.14 bits per heavy atom. The van der Waals surface area contributed by atoms with E-state index in [1.54, 1.807) is 18.2 Å². The van der Waals surface area contributed by atoms with E-state index in [0.29, 0.717) is 5.69 Å². The van der Waals surface area contributed by atoms with Gasteiger partial charge in [-0.25, -0.2) is 4.79 Å². The van der Waals surface area contributed by atoms with Crippen LogP contribution in [0, 0.1) is 0 Å². The number of anilines is 1. The number of para-hydroxylation sites is 2. The molecular weight excluding hydrogens is 268 g/mol. The molecule has 0 saturated heterocycles. The van der Waals surface area contributed by atoms with Crippen LogP contribution in [0.2, 0.25) is 0 Å². The van der Waals surface area contributed by atoms with E-state index in [4.69, 9.17) is 5.11 Å². The molecule has 5 heteroatoms. The van der Waals surface area contributed by atoms with Crippen LogP contribution in [-0.4, -0.2) is 23.2 Å². The Kier molecular flexibility index (Phi) is 3.23. The van der Waals surface area contributed by atoms with Gasteiger partial charge in [-0.2, -0.15) is 0 Å². The number of carbonyl (C=O) groups excluding carboxylic acids is 1. The van der Waals surface area contributed by atoms with Crippen molar-refractivity contribution < 1.29 is 14.7 Å². The lowest BCUT2D eigenvalue weighted by Crippen LogP contribution is -2.12. The van der Waals surface area contributed by atoms with E-state index < -0.39 is 11.9 Å². The first-order valence-electron chi connectivity index (χ1n) is 6.43. The summed E-state index contributed by atoms with van der Waals surface area (Å²) in [5.74, 6) is -1.70. The van der Waals surface area contributed by atoms with Crippen molar-refractivity contribution in [2.75, 3.05) is 5.32 Å². The van der Waals surface area contributed by atoms with Gasteiger partial charge in [0, 0.05) is 11.9 Å². The van der Waals surface area contributed by atoms with Crippen LogP contribution >= 0.6 is 0 Å². The zero-order valence-electron chi connectivity index (χ0n) is 11.0. The van der Waals surface area contributed by atoms with Crippen LogP contribution in [0.4, 0.5) is 11.4 Å². The number of benzene rings is 2. The number of aromatic carboxylic acids is 1. The van der Waals surface area contributed by atoms with Crippen LogP contribution in [0.15, 0.2) is 53.5 Å². The second-order valence-corrected chi connectivity index (χ2v) is 4.65. The van der Waals surface area contributed by atoms with Crippen molar-refractivity contribution in [1.82, 2.24) is 0 Å². The molecule has 104 valence electrons. The number of hydrogen-bond acceptors (Lipinski definition) is 3. The highest BCUT2D eigenvalue weighted by Gasteiger charge is 2.28. The number of nitrogens with one attached hydrogen (secondary N) is 1. The Bertz CT molecular complexity index is 753. The van der Waals surface area contributed by atoms with E-state index in [9.17, 15) is 9.59 Å². The van der Waals surface area contributed by atoms with Crippen molar-refractivity contribution in [2.24, 2.45) is 4.99 Å². The summed E-state index contributed by atoms with van der Waals surface area (Å²) in [6.07, 6.45) is 1.49. The summed E-state index contributed by atoms with van der Waals surface area (Å²) in [6.45, 7) is 0. The van der Waals surface area contributed by atoms with E-state index in [0.717, 1.165) is 11.3 Å². The van der Waals surface area contributed by atoms with Gasteiger partial charge >= 0.3 is 5.97 Å². The number of rotatable bonds is 3. The third kappa shape index (κ3) is 2.41. The fourth-order valence-corrected chi connectivity index (χ4v) is 2.30. The van der Waals surface area contributed by atoms with Crippen LogP contribution in [0.5, 0.6) is 0 Å². The van der Waals surface area contributed by atoms with Gasteiger partial charge in [-0.15, -0.1) is 0 Å². The van der Waals surface area contributed by atoms with Gasteiger partial charge in [0.05, 0.1) is 11.3 Å². The standard InChI is InChI=1S/C16H12N2O3/c19-15-12(10-5-1-4-8-14(10)18-15)9-17-13-7-3-2-6-11(13)16(20)21/h1-9,12H,(H,18,19)(H,20,21). The molecular formula is C16H12N2O3. The topological polar surface area (TPSA) is 78.8 Å². The Morgan fingerprint density at radius 2 is 1.86 bits per heavy atom. The molecule has 1 amide bonds. The molecule has 5 nitrogen and oxygen atoms in total. The molecule has 0 spiro atoms. The van der Waals surface area contributed by atoms with Crippen molar-refractivity contribution in [2.45, 2.75) is 5.92 Å². The Hall–Kier alpha value is -2.95. The second-order valence-electron chi connectivity index (χ2n) is 4.65. The first-order valence-corrected chi connectivity index (χ1v) is 6.43. The van der Waals surface area contributed by atoms with Crippen molar-refractivity contribution in [3.8, 4) is 0 Å². The normalized spacial score (nSPS) is 16.8. The van der Waals surface area contributed by atoms with Crippen LogP contribution in [0.3, 0.4) is 0 Å². The van der Waals surface area contributed by atoms with Gasteiger partial charge in [-0.05, 0) is 23.8 Å². The summed E-state index contributed by atoms with van der Waals surface area (Å²) in [5.41, 5.74) is 2.06. The fraction of sp³-hybridized carbons (Fsp3) is 0.0625. The van der Waals surface area contributed by atoms with E-state index in [1.165, 1.54) is 12.3 Å². The molecule has 1 aliphatic heterocycles. The van der Waals surface area contributed by atoms with E-state index in [2.05, 4.69) is 10.3 Å². The van der Waals surface area contributed by atoms with Gasteiger partial charge in [-0.1, -0.05) is 30.3 Å². The highest BCUT2D eigenvalue weighted by molar-refractivity contribution is 6.12. The molecule has 2 aromatic rings. The molecule has 1 aliphatic rings. The molecule has 0 fully saturated rings. The molecule has 1 atom stereocenters. The number of aliphatic imine (C=N–C) groups is 1. The van der Waals surface area contributed by atoms with Crippen LogP contribution in [0.1, 0.15) is 21.8 Å². The molecule has 2 aromatic carbocycles. The Labute approximate surface area is 121 Å². The summed E-state index contributed by atoms with van der Waals surface area (Å²) in [7, 11) is 0. The molecule has 21 heavy (non-hydrogen) atoms. The molecule has 2 N–H and O–H groups in total. The van der Waals surface area contributed by atoms with Gasteiger partial charge in [0.25, 0.3) is 0 Å². The number of hydrogen-bond donors (Lipinski definition) is 2. The van der Waals surface area contributed by atoms with Crippen LogP contribution < -0.4 is 5.32 Å². The number of carboxylic acid groups (broad SMARTS) is 1. The zero-order valence-corrected chi connectivity index (χ0v) is 11.0. The van der Waals surface area contributed by atoms with E-state index in [1.807, 2.05) is 24.3 Å². The highest BCUT2D eigenvalue weighted by atomic mass is 16.4. The Balaban J connectivity index is 1.94. The van der Waals surface area contributed by atoms with E-state index >= 15 is 0 Å². The summed E-state index contributed by atoms with van der Waals surface area (Å²) >= 11 is 0. The Morgan fingerprint density at radius 3 is 2.67 bits per heavy atom. The molecule has 1 unspecified atom stereocenters. The van der Waals surface area contributed by atoms with Gasteiger partial charge < -0.3 is 10.4 Å². The lowest BCUT2D eigenvalue weighted by atomic mass is 10.0. The quantitative estimate of drug-likeness (QED) is 0.848. The van der Waals surface area contributed by atoms with Gasteiger partial charge in [-0.3, -0.25) is 9.79 Å². The average molecular weight is 280 g/mol. The fourth-order valence-electron chi connectivity index (χ4n) is 2.30. The monoisotopic (exact) mass is 280 g/mol. The number of fused-ring (bicyclic) bond motifs is 1. The van der Waals surface area contributed by atoms with Gasteiger partial charge in [0.2, 0.25) is 5.91 Å². The molecule has 0 bridgehead atoms. The number of nitrogens with zero attached hydrogens (tertiary/aromatic N) is 1. The predicted molar refractivity (Wildman–Crippen MR) is 79.4 cm³/mol. The average Bonchev–Trinajstić information content (AvgIpc) is 2.81.